The van der Waals surface area contributed by atoms with Gasteiger partial charge in [-0.15, -0.1) is 0 Å². The highest BCUT2D eigenvalue weighted by molar-refractivity contribution is 7.89. The zero-order valence-corrected chi connectivity index (χ0v) is 18.1. The summed E-state index contributed by atoms with van der Waals surface area (Å²) in [6.45, 7) is 1.92. The number of rotatable bonds is 5. The molecule has 0 radical (unpaired) electrons. The number of ether oxygens (including phenoxy) is 1. The Labute approximate surface area is 178 Å². The number of aromatic amines is 1. The number of imidazole rings is 1. The number of fused-ring (bicyclic) bond motifs is 2. The average molecular weight is 440 g/mol. The number of carboxylic acids is 1. The van der Waals surface area contributed by atoms with Gasteiger partial charge in [0.1, 0.15) is 16.1 Å². The first-order valence-corrected chi connectivity index (χ1v) is 10.7. The molecule has 0 bridgehead atoms. The molecule has 0 saturated heterocycles. The molecule has 10 heteroatoms. The first-order valence-electron chi connectivity index (χ1n) is 9.28. The lowest BCUT2D eigenvalue weighted by molar-refractivity contribution is 0.0697. The molecule has 2 aromatic heterocycles. The number of benzene rings is 2. The largest absolute Gasteiger partial charge is 0.493 e. The van der Waals surface area contributed by atoms with Crippen molar-refractivity contribution in [2.75, 3.05) is 21.2 Å². The van der Waals surface area contributed by atoms with Crippen LogP contribution in [-0.2, 0) is 10.0 Å². The van der Waals surface area contributed by atoms with Gasteiger partial charge in [-0.1, -0.05) is 11.6 Å². The van der Waals surface area contributed by atoms with Crippen LogP contribution in [0.4, 0.5) is 0 Å². The molecule has 0 aliphatic rings. The minimum atomic E-state index is -3.78. The number of sulfonamides is 1. The molecule has 0 aliphatic heterocycles. The molecule has 0 saturated carbocycles. The van der Waals surface area contributed by atoms with Crippen LogP contribution >= 0.6 is 0 Å². The predicted molar refractivity (Wildman–Crippen MR) is 116 cm³/mol. The number of nitrogens with one attached hydrogen (secondary N) is 1. The normalized spacial score (nSPS) is 12.0. The van der Waals surface area contributed by atoms with Crippen molar-refractivity contribution in [3.05, 3.63) is 47.5 Å². The molecule has 0 spiro atoms. The zero-order valence-electron chi connectivity index (χ0n) is 17.3. The summed E-state index contributed by atoms with van der Waals surface area (Å²) in [5.74, 6) is -0.872. The highest BCUT2D eigenvalue weighted by Crippen LogP contribution is 2.35. The third-order valence-electron chi connectivity index (χ3n) is 4.96. The number of carbonyl (C=O) groups is 1. The Kier molecular flexibility index (Phi) is 4.91. The summed E-state index contributed by atoms with van der Waals surface area (Å²) >= 11 is 0. The van der Waals surface area contributed by atoms with Gasteiger partial charge in [-0.2, -0.15) is 0 Å². The molecule has 9 nitrogen and oxygen atoms in total. The van der Waals surface area contributed by atoms with Crippen LogP contribution in [0, 0.1) is 6.92 Å². The van der Waals surface area contributed by atoms with E-state index in [9.17, 15) is 18.3 Å². The third kappa shape index (κ3) is 3.39. The lowest BCUT2D eigenvalue weighted by atomic mass is 10.1. The van der Waals surface area contributed by atoms with Gasteiger partial charge in [0.2, 0.25) is 10.0 Å². The van der Waals surface area contributed by atoms with Crippen LogP contribution in [0.2, 0.25) is 0 Å². The molecule has 0 aliphatic carbocycles. The molecule has 31 heavy (non-hydrogen) atoms. The number of hydrogen-bond acceptors (Lipinski definition) is 6. The number of H-pyrrole nitrogens is 1. The van der Waals surface area contributed by atoms with E-state index >= 15 is 0 Å². The SMILES string of the molecule is COc1c(S(=O)(=O)N(C)C)ccc2[nH]c(-c3nc4ccc(C)cc4cc3C(=O)O)nc12. The van der Waals surface area contributed by atoms with Gasteiger partial charge in [0.05, 0.1) is 23.7 Å². The molecule has 4 aromatic rings. The lowest BCUT2D eigenvalue weighted by Gasteiger charge is -2.14. The maximum absolute atomic E-state index is 12.7. The molecule has 2 aromatic carbocycles. The Morgan fingerprint density at radius 1 is 1.13 bits per heavy atom. The minimum absolute atomic E-state index is 0.0164. The van der Waals surface area contributed by atoms with E-state index in [1.54, 1.807) is 12.1 Å². The monoisotopic (exact) mass is 440 g/mol. The molecule has 2 heterocycles. The van der Waals surface area contributed by atoms with E-state index in [-0.39, 0.29) is 33.2 Å². The summed E-state index contributed by atoms with van der Waals surface area (Å²) in [4.78, 5) is 23.9. The lowest BCUT2D eigenvalue weighted by Crippen LogP contribution is -2.22. The van der Waals surface area contributed by atoms with Crippen molar-refractivity contribution in [1.82, 2.24) is 19.3 Å². The van der Waals surface area contributed by atoms with Crippen LogP contribution in [0.3, 0.4) is 0 Å². The topological polar surface area (TPSA) is 125 Å². The van der Waals surface area contributed by atoms with Crippen LogP contribution in [0.5, 0.6) is 5.75 Å². The maximum Gasteiger partial charge on any atom is 0.338 e. The van der Waals surface area contributed by atoms with E-state index in [0.29, 0.717) is 16.4 Å². The fourth-order valence-corrected chi connectivity index (χ4v) is 4.43. The first kappa shape index (κ1) is 20.8. The van der Waals surface area contributed by atoms with Crippen molar-refractivity contribution in [2.24, 2.45) is 0 Å². The van der Waals surface area contributed by atoms with Gasteiger partial charge in [0, 0.05) is 19.5 Å². The number of methoxy groups -OCH3 is 1. The van der Waals surface area contributed by atoms with Gasteiger partial charge in [-0.05, 0) is 37.3 Å². The second-order valence-electron chi connectivity index (χ2n) is 7.25. The highest BCUT2D eigenvalue weighted by Gasteiger charge is 2.26. The smallest absolute Gasteiger partial charge is 0.338 e. The van der Waals surface area contributed by atoms with Gasteiger partial charge in [0.15, 0.2) is 11.6 Å². The third-order valence-corrected chi connectivity index (χ3v) is 6.80. The Bertz CT molecular complexity index is 1460. The van der Waals surface area contributed by atoms with E-state index in [4.69, 9.17) is 4.74 Å². The van der Waals surface area contributed by atoms with Crippen molar-refractivity contribution < 1.29 is 23.1 Å². The van der Waals surface area contributed by atoms with Crippen LogP contribution < -0.4 is 4.74 Å². The molecular formula is C21H20N4O5S. The summed E-state index contributed by atoms with van der Waals surface area (Å²) in [5, 5.41) is 10.5. The van der Waals surface area contributed by atoms with Crippen LogP contribution in [0.1, 0.15) is 15.9 Å². The molecular weight excluding hydrogens is 420 g/mol. The second-order valence-corrected chi connectivity index (χ2v) is 9.37. The van der Waals surface area contributed by atoms with Crippen molar-refractivity contribution in [2.45, 2.75) is 11.8 Å². The highest BCUT2D eigenvalue weighted by atomic mass is 32.2. The Hall–Kier alpha value is -3.50. The Morgan fingerprint density at radius 2 is 1.87 bits per heavy atom. The van der Waals surface area contributed by atoms with E-state index in [0.717, 1.165) is 9.87 Å². The molecule has 4 rings (SSSR count). The van der Waals surface area contributed by atoms with Crippen LogP contribution in [-0.4, -0.2) is 60.0 Å². The fourth-order valence-electron chi connectivity index (χ4n) is 3.38. The van der Waals surface area contributed by atoms with Crippen LogP contribution in [0.25, 0.3) is 33.5 Å². The number of aromatic nitrogens is 3. The number of aryl methyl sites for hydroxylation is 1. The summed E-state index contributed by atoms with van der Waals surface area (Å²) in [5.41, 5.74) is 2.50. The van der Waals surface area contributed by atoms with Gasteiger partial charge < -0.3 is 14.8 Å². The quantitative estimate of drug-likeness (QED) is 0.488. The Balaban J connectivity index is 1.99. The number of aromatic carboxylic acids is 1. The number of carboxylic acid groups (broad SMARTS) is 1. The van der Waals surface area contributed by atoms with Crippen molar-refractivity contribution in [1.29, 1.82) is 0 Å². The standard InChI is InChI=1S/C21H20N4O5S/c1-11-5-6-14-12(9-11)10-13(21(26)27)17(22-14)20-23-15-7-8-16(31(28,29)25(2)3)19(30-4)18(15)24-20/h5-10H,1-4H3,(H,23,24)(H,26,27). The summed E-state index contributed by atoms with van der Waals surface area (Å²) in [6.07, 6.45) is 0. The summed E-state index contributed by atoms with van der Waals surface area (Å²) in [7, 11) is 0.433. The van der Waals surface area contributed by atoms with Gasteiger partial charge in [-0.25, -0.2) is 27.5 Å². The molecule has 2 N–H and O–H groups in total. The zero-order chi connectivity index (χ0) is 22.5. The maximum atomic E-state index is 12.7. The molecule has 0 fully saturated rings. The van der Waals surface area contributed by atoms with Crippen molar-refractivity contribution >= 4 is 37.9 Å². The molecule has 160 valence electrons. The van der Waals surface area contributed by atoms with Crippen molar-refractivity contribution in [3.8, 4) is 17.3 Å². The van der Waals surface area contributed by atoms with Crippen molar-refractivity contribution in [3.63, 3.8) is 0 Å². The fraction of sp³-hybridized carbons (Fsp3) is 0.190. The van der Waals surface area contributed by atoms with E-state index in [1.165, 1.54) is 27.3 Å². The number of hydrogen-bond donors (Lipinski definition) is 2. The molecule has 0 atom stereocenters. The second kappa shape index (κ2) is 7.33. The minimum Gasteiger partial charge on any atom is -0.493 e. The number of nitrogens with zero attached hydrogens (tertiary/aromatic N) is 3. The summed E-state index contributed by atoms with van der Waals surface area (Å²) < 4.78 is 31.8. The molecule has 0 amide bonds. The van der Waals surface area contributed by atoms with E-state index in [2.05, 4.69) is 15.0 Å². The average Bonchev–Trinajstić information content (AvgIpc) is 3.15. The number of pyridine rings is 1. The van der Waals surface area contributed by atoms with E-state index in [1.807, 2.05) is 25.1 Å². The molecule has 0 unspecified atom stereocenters. The predicted octanol–water partition coefficient (Wildman–Crippen LogP) is 3.04. The van der Waals surface area contributed by atoms with Crippen LogP contribution in [0.15, 0.2) is 41.3 Å². The Morgan fingerprint density at radius 3 is 2.52 bits per heavy atom. The van der Waals surface area contributed by atoms with E-state index < -0.39 is 16.0 Å². The first-order chi connectivity index (χ1) is 14.6. The summed E-state index contributed by atoms with van der Waals surface area (Å²) in [6, 6.07) is 10.1. The van der Waals surface area contributed by atoms with Gasteiger partial charge >= 0.3 is 5.97 Å². The van der Waals surface area contributed by atoms with Gasteiger partial charge in [0.25, 0.3) is 0 Å². The van der Waals surface area contributed by atoms with Gasteiger partial charge in [-0.3, -0.25) is 0 Å².